The summed E-state index contributed by atoms with van der Waals surface area (Å²) in [5.41, 5.74) is 3.84. The number of hydrogen-bond donors (Lipinski definition) is 0. The molecule has 0 unspecified atom stereocenters. The molecule has 0 bridgehead atoms. The Balaban J connectivity index is 1.50. The second kappa shape index (κ2) is 7.98. The van der Waals surface area contributed by atoms with Gasteiger partial charge in [0.25, 0.3) is 5.22 Å². The van der Waals surface area contributed by atoms with Gasteiger partial charge in [-0.2, -0.15) is 0 Å². The topological polar surface area (TPSA) is 65.2 Å². The number of esters is 1. The first kappa shape index (κ1) is 17.2. The van der Waals surface area contributed by atoms with E-state index in [1.54, 1.807) is 24.3 Å². The monoisotopic (exact) mass is 354 g/mol. The quantitative estimate of drug-likeness (QED) is 0.373. The van der Waals surface area contributed by atoms with E-state index in [2.05, 4.69) is 17.1 Å². The molecule has 128 valence electrons. The highest BCUT2D eigenvalue weighted by Gasteiger charge is 2.11. The molecule has 5 nitrogen and oxygen atoms in total. The van der Waals surface area contributed by atoms with Gasteiger partial charge in [0.2, 0.25) is 5.89 Å². The van der Waals surface area contributed by atoms with E-state index in [0.29, 0.717) is 22.4 Å². The summed E-state index contributed by atoms with van der Waals surface area (Å²) in [6.45, 7) is 4.39. The van der Waals surface area contributed by atoms with Crippen LogP contribution in [0, 0.1) is 13.8 Å². The van der Waals surface area contributed by atoms with E-state index in [-0.39, 0.29) is 12.6 Å². The fraction of sp³-hybridized carbons (Fsp3) is 0.211. The van der Waals surface area contributed by atoms with Gasteiger partial charge in [0.1, 0.15) is 6.61 Å². The van der Waals surface area contributed by atoms with E-state index in [4.69, 9.17) is 9.15 Å². The maximum absolute atomic E-state index is 11.8. The van der Waals surface area contributed by atoms with E-state index < -0.39 is 0 Å². The predicted octanol–water partition coefficient (Wildman–Crippen LogP) is 4.30. The number of ether oxygens (including phenoxy) is 1. The first-order valence-corrected chi connectivity index (χ1v) is 8.88. The molecule has 0 aliphatic carbocycles. The van der Waals surface area contributed by atoms with Crippen LogP contribution in [-0.2, 0) is 4.74 Å². The van der Waals surface area contributed by atoms with Gasteiger partial charge in [0, 0.05) is 11.3 Å². The summed E-state index contributed by atoms with van der Waals surface area (Å²) in [6.07, 6.45) is 0. The van der Waals surface area contributed by atoms with Crippen LogP contribution in [0.4, 0.5) is 0 Å². The van der Waals surface area contributed by atoms with Crippen molar-refractivity contribution < 1.29 is 13.9 Å². The van der Waals surface area contributed by atoms with Crippen LogP contribution in [0.5, 0.6) is 0 Å². The molecule has 0 fully saturated rings. The number of thioether (sulfide) groups is 1. The normalized spacial score (nSPS) is 10.6. The van der Waals surface area contributed by atoms with Crippen molar-refractivity contribution in [3.63, 3.8) is 0 Å². The first-order valence-electron chi connectivity index (χ1n) is 7.89. The van der Waals surface area contributed by atoms with Gasteiger partial charge in [-0.3, -0.25) is 0 Å². The number of benzene rings is 2. The average molecular weight is 354 g/mol. The standard InChI is InChI=1S/C19H18N2O3S/c1-13-8-9-16(12-14(13)2)17-20-21-19(24-17)25-11-10-23-18(22)15-6-4-3-5-7-15/h3-9,12H,10-11H2,1-2H3. The van der Waals surface area contributed by atoms with Crippen molar-refractivity contribution in [2.75, 3.05) is 12.4 Å². The van der Waals surface area contributed by atoms with Gasteiger partial charge < -0.3 is 9.15 Å². The molecule has 0 saturated heterocycles. The molecule has 0 N–H and O–H groups in total. The molecule has 0 atom stereocenters. The molecule has 3 rings (SSSR count). The third kappa shape index (κ3) is 4.48. The minimum absolute atomic E-state index is 0.278. The molecule has 2 aromatic carbocycles. The highest BCUT2D eigenvalue weighted by atomic mass is 32.2. The van der Waals surface area contributed by atoms with Crippen LogP contribution in [0.25, 0.3) is 11.5 Å². The van der Waals surface area contributed by atoms with Crippen molar-refractivity contribution in [3.05, 3.63) is 65.2 Å². The molecule has 0 amide bonds. The Hall–Kier alpha value is -2.60. The van der Waals surface area contributed by atoms with E-state index in [0.717, 1.165) is 5.56 Å². The molecule has 0 aliphatic rings. The van der Waals surface area contributed by atoms with Gasteiger partial charge >= 0.3 is 5.97 Å². The summed E-state index contributed by atoms with van der Waals surface area (Å²) in [5, 5.41) is 8.56. The molecule has 0 saturated carbocycles. The molecule has 0 radical (unpaired) electrons. The van der Waals surface area contributed by atoms with Gasteiger partial charge in [0.15, 0.2) is 0 Å². The third-order valence-corrected chi connectivity index (χ3v) is 4.49. The molecule has 3 aromatic rings. The van der Waals surface area contributed by atoms with Crippen molar-refractivity contribution in [3.8, 4) is 11.5 Å². The highest BCUT2D eigenvalue weighted by molar-refractivity contribution is 7.99. The zero-order valence-corrected chi connectivity index (χ0v) is 14.9. The van der Waals surface area contributed by atoms with Crippen LogP contribution >= 0.6 is 11.8 Å². The number of aryl methyl sites for hydroxylation is 2. The third-order valence-electron chi connectivity index (χ3n) is 3.71. The number of rotatable bonds is 6. The Morgan fingerprint density at radius 3 is 2.64 bits per heavy atom. The first-order chi connectivity index (χ1) is 12.1. The van der Waals surface area contributed by atoms with Crippen LogP contribution in [0.3, 0.4) is 0 Å². The lowest BCUT2D eigenvalue weighted by atomic mass is 10.1. The molecule has 25 heavy (non-hydrogen) atoms. The van der Waals surface area contributed by atoms with E-state index in [9.17, 15) is 4.79 Å². The van der Waals surface area contributed by atoms with E-state index >= 15 is 0 Å². The molecular weight excluding hydrogens is 336 g/mol. The second-order valence-corrected chi connectivity index (χ2v) is 6.57. The van der Waals surface area contributed by atoms with Crippen LogP contribution in [0.2, 0.25) is 0 Å². The van der Waals surface area contributed by atoms with Crippen molar-refractivity contribution >= 4 is 17.7 Å². The molecule has 0 spiro atoms. The van der Waals surface area contributed by atoms with Crippen molar-refractivity contribution in [1.82, 2.24) is 10.2 Å². The number of carbonyl (C=O) groups excluding carboxylic acids is 1. The molecule has 0 aliphatic heterocycles. The summed E-state index contributed by atoms with van der Waals surface area (Å²) < 4.78 is 10.9. The number of carbonyl (C=O) groups is 1. The Kier molecular flexibility index (Phi) is 5.50. The Morgan fingerprint density at radius 1 is 1.08 bits per heavy atom. The van der Waals surface area contributed by atoms with Crippen LogP contribution < -0.4 is 0 Å². The summed E-state index contributed by atoms with van der Waals surface area (Å²) >= 11 is 1.36. The fourth-order valence-corrected chi connectivity index (χ4v) is 2.76. The number of nitrogens with zero attached hydrogens (tertiary/aromatic N) is 2. The summed E-state index contributed by atoms with van der Waals surface area (Å²) in [6, 6.07) is 14.9. The maximum Gasteiger partial charge on any atom is 0.338 e. The van der Waals surface area contributed by atoms with Crippen molar-refractivity contribution in [2.45, 2.75) is 19.1 Å². The lowest BCUT2D eigenvalue weighted by molar-refractivity contribution is 0.0530. The summed E-state index contributed by atoms with van der Waals surface area (Å²) in [4.78, 5) is 11.8. The Labute approximate surface area is 150 Å². The van der Waals surface area contributed by atoms with Crippen LogP contribution in [0.1, 0.15) is 21.5 Å². The largest absolute Gasteiger partial charge is 0.461 e. The Bertz CT molecular complexity index is 862. The van der Waals surface area contributed by atoms with E-state index in [1.807, 2.05) is 31.2 Å². The summed E-state index contributed by atoms with van der Waals surface area (Å²) in [5.74, 6) is 0.710. The van der Waals surface area contributed by atoms with Crippen LogP contribution in [-0.4, -0.2) is 28.5 Å². The zero-order valence-electron chi connectivity index (χ0n) is 14.1. The number of aromatic nitrogens is 2. The smallest absolute Gasteiger partial charge is 0.338 e. The summed E-state index contributed by atoms with van der Waals surface area (Å²) in [7, 11) is 0. The highest BCUT2D eigenvalue weighted by Crippen LogP contribution is 2.24. The van der Waals surface area contributed by atoms with E-state index in [1.165, 1.54) is 22.9 Å². The van der Waals surface area contributed by atoms with Crippen LogP contribution in [0.15, 0.2) is 58.2 Å². The van der Waals surface area contributed by atoms with Gasteiger partial charge in [-0.15, -0.1) is 10.2 Å². The molecule has 1 heterocycles. The zero-order chi connectivity index (χ0) is 17.6. The minimum Gasteiger partial charge on any atom is -0.461 e. The molecule has 1 aromatic heterocycles. The molecule has 6 heteroatoms. The van der Waals surface area contributed by atoms with Gasteiger partial charge in [0.05, 0.1) is 5.56 Å². The van der Waals surface area contributed by atoms with Gasteiger partial charge in [-0.05, 0) is 49.2 Å². The van der Waals surface area contributed by atoms with Gasteiger partial charge in [-0.25, -0.2) is 4.79 Å². The maximum atomic E-state index is 11.8. The Morgan fingerprint density at radius 2 is 1.88 bits per heavy atom. The average Bonchev–Trinajstić information content (AvgIpc) is 3.10. The SMILES string of the molecule is Cc1ccc(-c2nnc(SCCOC(=O)c3ccccc3)o2)cc1C. The predicted molar refractivity (Wildman–Crippen MR) is 96.7 cm³/mol. The lowest BCUT2D eigenvalue weighted by Crippen LogP contribution is -2.07. The van der Waals surface area contributed by atoms with Crippen molar-refractivity contribution in [1.29, 1.82) is 0 Å². The second-order valence-electron chi connectivity index (χ2n) is 5.52. The molecular formula is C19H18N2O3S. The van der Waals surface area contributed by atoms with Gasteiger partial charge in [-0.1, -0.05) is 36.0 Å². The minimum atomic E-state index is -0.331. The van der Waals surface area contributed by atoms with Crippen molar-refractivity contribution in [2.24, 2.45) is 0 Å². The fourth-order valence-electron chi connectivity index (χ4n) is 2.18. The lowest BCUT2D eigenvalue weighted by Gasteiger charge is -2.03. The number of hydrogen-bond acceptors (Lipinski definition) is 6.